The van der Waals surface area contributed by atoms with Crippen molar-refractivity contribution in [2.24, 2.45) is 5.41 Å². The molecule has 1 amide bonds. The van der Waals surface area contributed by atoms with Crippen LogP contribution in [0.5, 0.6) is 0 Å². The van der Waals surface area contributed by atoms with Crippen LogP contribution in [0.4, 0.5) is 9.18 Å². The Hall–Kier alpha value is -3.11. The highest BCUT2D eigenvalue weighted by molar-refractivity contribution is 6.00. The van der Waals surface area contributed by atoms with E-state index in [1.165, 1.54) is 6.08 Å². The molecule has 5 nitrogen and oxygen atoms in total. The zero-order valence-corrected chi connectivity index (χ0v) is 20.4. The van der Waals surface area contributed by atoms with Crippen LogP contribution in [0.2, 0.25) is 0 Å². The van der Waals surface area contributed by atoms with Gasteiger partial charge >= 0.3 is 6.09 Å². The van der Waals surface area contributed by atoms with Gasteiger partial charge in [-0.2, -0.15) is 4.39 Å². The highest BCUT2D eigenvalue weighted by atomic mass is 19.1. The van der Waals surface area contributed by atoms with Crippen molar-refractivity contribution >= 4 is 11.8 Å². The lowest BCUT2D eigenvalue weighted by atomic mass is 9.71. The first-order valence-electron chi connectivity index (χ1n) is 11.4. The number of carbonyl (C=O) groups is 1. The maximum absolute atomic E-state index is 13.3. The second-order valence-electron chi connectivity index (χ2n) is 9.16. The Kier molecular flexibility index (Phi) is 9.24. The number of hydrogen-bond donors (Lipinski definition) is 2. The Morgan fingerprint density at radius 2 is 2.03 bits per heavy atom. The summed E-state index contributed by atoms with van der Waals surface area (Å²) in [6, 6.07) is 0. The summed E-state index contributed by atoms with van der Waals surface area (Å²) in [6.45, 7) is 8.52. The van der Waals surface area contributed by atoms with Crippen LogP contribution >= 0.6 is 0 Å². The van der Waals surface area contributed by atoms with Gasteiger partial charge in [0.2, 0.25) is 0 Å². The standard InChI is InChI=1S/C27H36FN3O2/c1-6-7-14-24(30-5)27(17-19-31(20-18-27)25(32)33-26(2,3)4)23(29)16-15-21-10-8-12-22(28)13-9-11-21/h6-10,13-16,29-30H,11,17-20H2,1-5H3/b7-6-,13-9-,16-15+,21-10+,24-14-,29-23?. The number of nitrogens with zero attached hydrogens (tertiary/aromatic N) is 1. The van der Waals surface area contributed by atoms with E-state index in [1.54, 1.807) is 23.1 Å². The van der Waals surface area contributed by atoms with Crippen molar-refractivity contribution in [3.05, 3.63) is 77.5 Å². The fourth-order valence-electron chi connectivity index (χ4n) is 3.87. The Labute approximate surface area is 197 Å². The van der Waals surface area contributed by atoms with E-state index in [-0.39, 0.29) is 6.09 Å². The molecule has 0 aromatic rings. The average Bonchev–Trinajstić information content (AvgIpc) is 2.74. The molecular weight excluding hydrogens is 417 g/mol. The number of halogens is 1. The summed E-state index contributed by atoms with van der Waals surface area (Å²) < 4.78 is 18.9. The molecule has 1 heterocycles. The molecule has 2 N–H and O–H groups in total. The normalized spacial score (nSPS) is 21.8. The minimum Gasteiger partial charge on any atom is -0.444 e. The molecule has 2 rings (SSSR count). The van der Waals surface area contributed by atoms with Gasteiger partial charge < -0.3 is 20.4 Å². The Morgan fingerprint density at radius 3 is 2.64 bits per heavy atom. The number of carbonyl (C=O) groups excluding carboxylic acids is 1. The molecule has 33 heavy (non-hydrogen) atoms. The van der Waals surface area contributed by atoms with Gasteiger partial charge in [0.1, 0.15) is 5.60 Å². The van der Waals surface area contributed by atoms with Crippen molar-refractivity contribution in [2.45, 2.75) is 52.6 Å². The molecule has 1 aliphatic carbocycles. The average molecular weight is 454 g/mol. The molecule has 0 spiro atoms. The molecular formula is C27H36FN3O2. The predicted octanol–water partition coefficient (Wildman–Crippen LogP) is 6.15. The van der Waals surface area contributed by atoms with Crippen LogP contribution in [0.15, 0.2) is 77.5 Å². The second kappa shape index (κ2) is 11.7. The number of allylic oxidation sites excluding steroid dienone is 11. The number of amides is 1. The van der Waals surface area contributed by atoms with Crippen LogP contribution < -0.4 is 5.32 Å². The SMILES string of the molecule is C/C=C\C=C(/NC)C1(C(=N)/C=C/C2=C/C=C=C(F)/C=C\C2)CCN(C(=O)OC(C)(C)C)CC1. The van der Waals surface area contributed by atoms with E-state index in [2.05, 4.69) is 11.0 Å². The van der Waals surface area contributed by atoms with Gasteiger partial charge in [0.15, 0.2) is 5.83 Å². The lowest BCUT2D eigenvalue weighted by Crippen LogP contribution is -2.49. The van der Waals surface area contributed by atoms with Gasteiger partial charge in [-0.05, 0) is 76.8 Å². The number of nitrogens with one attached hydrogen (secondary N) is 2. The first kappa shape index (κ1) is 26.1. The van der Waals surface area contributed by atoms with Crippen molar-refractivity contribution in [2.75, 3.05) is 20.1 Å². The Morgan fingerprint density at radius 1 is 1.33 bits per heavy atom. The molecule has 178 valence electrons. The number of likely N-dealkylation sites (tertiary alicyclic amines) is 1. The minimum atomic E-state index is -0.552. The molecule has 0 saturated carbocycles. The van der Waals surface area contributed by atoms with E-state index < -0.39 is 16.8 Å². The van der Waals surface area contributed by atoms with E-state index >= 15 is 0 Å². The van der Waals surface area contributed by atoms with Crippen molar-refractivity contribution in [1.29, 1.82) is 5.41 Å². The largest absolute Gasteiger partial charge is 0.444 e. The lowest BCUT2D eigenvalue weighted by molar-refractivity contribution is 0.0171. The fourth-order valence-corrected chi connectivity index (χ4v) is 3.87. The van der Waals surface area contributed by atoms with Gasteiger partial charge in [0, 0.05) is 31.5 Å². The van der Waals surface area contributed by atoms with Crippen molar-refractivity contribution in [1.82, 2.24) is 10.2 Å². The summed E-state index contributed by atoms with van der Waals surface area (Å²) in [5.74, 6) is -0.398. The van der Waals surface area contributed by atoms with Gasteiger partial charge in [-0.25, -0.2) is 4.79 Å². The maximum Gasteiger partial charge on any atom is 0.410 e. The molecule has 1 aliphatic heterocycles. The first-order valence-corrected chi connectivity index (χ1v) is 11.4. The molecule has 0 atom stereocenters. The second-order valence-corrected chi connectivity index (χ2v) is 9.16. The fraction of sp³-hybridized carbons (Fsp3) is 0.444. The zero-order valence-electron chi connectivity index (χ0n) is 20.4. The predicted molar refractivity (Wildman–Crippen MR) is 133 cm³/mol. The van der Waals surface area contributed by atoms with Gasteiger partial charge in [0.25, 0.3) is 0 Å². The third kappa shape index (κ3) is 7.47. The van der Waals surface area contributed by atoms with Gasteiger partial charge in [-0.1, -0.05) is 36.1 Å². The van der Waals surface area contributed by atoms with Gasteiger partial charge in [-0.3, -0.25) is 0 Å². The highest BCUT2D eigenvalue weighted by Gasteiger charge is 2.42. The quantitative estimate of drug-likeness (QED) is 0.288. The van der Waals surface area contributed by atoms with Crippen LogP contribution in [-0.2, 0) is 4.74 Å². The Balaban J connectivity index is 2.29. The third-order valence-electron chi connectivity index (χ3n) is 5.62. The molecule has 6 heteroatoms. The minimum absolute atomic E-state index is 0.319. The molecule has 0 radical (unpaired) electrons. The van der Waals surface area contributed by atoms with Crippen LogP contribution in [0, 0.1) is 10.8 Å². The molecule has 2 aliphatic rings. The van der Waals surface area contributed by atoms with E-state index in [1.807, 2.05) is 65.1 Å². The van der Waals surface area contributed by atoms with E-state index in [9.17, 15) is 9.18 Å². The van der Waals surface area contributed by atoms with Crippen LogP contribution in [0.25, 0.3) is 0 Å². The Bertz CT molecular complexity index is 946. The van der Waals surface area contributed by atoms with Crippen LogP contribution in [-0.4, -0.2) is 42.4 Å². The first-order chi connectivity index (χ1) is 15.6. The number of hydrogen-bond acceptors (Lipinski definition) is 4. The zero-order chi connectivity index (χ0) is 24.5. The summed E-state index contributed by atoms with van der Waals surface area (Å²) in [7, 11) is 1.86. The molecule has 0 bridgehead atoms. The maximum atomic E-state index is 13.3. The molecule has 0 aromatic carbocycles. The summed E-state index contributed by atoms with van der Waals surface area (Å²) in [5.41, 5.74) is 3.82. The van der Waals surface area contributed by atoms with E-state index in [0.29, 0.717) is 38.1 Å². The smallest absolute Gasteiger partial charge is 0.410 e. The van der Waals surface area contributed by atoms with Crippen molar-refractivity contribution in [3.8, 4) is 0 Å². The lowest BCUT2D eigenvalue weighted by Gasteiger charge is -2.43. The number of rotatable bonds is 6. The van der Waals surface area contributed by atoms with Crippen LogP contribution in [0.3, 0.4) is 0 Å². The van der Waals surface area contributed by atoms with E-state index in [0.717, 1.165) is 11.3 Å². The number of ether oxygens (including phenoxy) is 1. The molecule has 0 unspecified atom stereocenters. The summed E-state index contributed by atoms with van der Waals surface area (Å²) in [5, 5.41) is 12.3. The van der Waals surface area contributed by atoms with Crippen LogP contribution in [0.1, 0.15) is 47.0 Å². The van der Waals surface area contributed by atoms with Crippen molar-refractivity contribution in [3.63, 3.8) is 0 Å². The number of piperidine rings is 1. The topological polar surface area (TPSA) is 65.4 Å². The summed E-state index contributed by atoms with van der Waals surface area (Å²) >= 11 is 0. The van der Waals surface area contributed by atoms with E-state index in [4.69, 9.17) is 10.1 Å². The molecule has 1 saturated heterocycles. The summed E-state index contributed by atoms with van der Waals surface area (Å²) in [4.78, 5) is 14.3. The van der Waals surface area contributed by atoms with Gasteiger partial charge in [-0.15, -0.1) is 0 Å². The van der Waals surface area contributed by atoms with Crippen molar-refractivity contribution < 1.29 is 13.9 Å². The molecule has 0 aromatic heterocycles. The monoisotopic (exact) mass is 453 g/mol. The van der Waals surface area contributed by atoms with Gasteiger partial charge in [0.05, 0.1) is 5.41 Å². The third-order valence-corrected chi connectivity index (χ3v) is 5.62. The summed E-state index contributed by atoms with van der Waals surface area (Å²) in [6.07, 6.45) is 17.6. The highest BCUT2D eigenvalue weighted by Crippen LogP contribution is 2.39. The molecule has 1 fully saturated rings.